The molecule has 0 aliphatic carbocycles. The summed E-state index contributed by atoms with van der Waals surface area (Å²) in [6, 6.07) is 0. The maximum Gasteiger partial charge on any atom is 0.365 e. The van der Waals surface area contributed by atoms with E-state index in [0.717, 1.165) is 25.3 Å². The van der Waals surface area contributed by atoms with E-state index in [0.29, 0.717) is 0 Å². The first-order chi connectivity index (χ1) is 5.70. The third-order valence-electron chi connectivity index (χ3n) is 1.43. The van der Waals surface area contributed by atoms with E-state index in [1.165, 1.54) is 0 Å². The van der Waals surface area contributed by atoms with Crippen LogP contribution in [0.2, 0.25) is 0 Å². The Labute approximate surface area is 73.3 Å². The largest absolute Gasteiger partial charge is 0.365 e. The van der Waals surface area contributed by atoms with Gasteiger partial charge in [-0.1, -0.05) is 26.3 Å². The Morgan fingerprint density at radius 2 is 2.33 bits per heavy atom. The average Bonchev–Trinajstić information content (AvgIpc) is 2.10. The number of carbonyl (C=O) groups excluding carboxylic acids is 1. The van der Waals surface area contributed by atoms with Gasteiger partial charge in [0.05, 0.1) is 0 Å². The van der Waals surface area contributed by atoms with Crippen LogP contribution in [-0.4, -0.2) is 12.1 Å². The summed E-state index contributed by atoms with van der Waals surface area (Å²) in [7, 11) is 0. The lowest BCUT2D eigenvalue weighted by molar-refractivity contribution is -0.291. The molecule has 0 radical (unpaired) electrons. The van der Waals surface area contributed by atoms with Gasteiger partial charge in [0.1, 0.15) is 6.10 Å². The minimum atomic E-state index is -0.543. The van der Waals surface area contributed by atoms with Crippen LogP contribution in [0.25, 0.3) is 0 Å². The maximum atomic E-state index is 10.5. The van der Waals surface area contributed by atoms with E-state index in [1.807, 2.05) is 6.92 Å². The summed E-state index contributed by atoms with van der Waals surface area (Å²) >= 11 is 0. The minimum Gasteiger partial charge on any atom is -0.293 e. The van der Waals surface area contributed by atoms with Crippen LogP contribution in [-0.2, 0) is 14.6 Å². The number of carbonyl (C=O) groups is 1. The van der Waals surface area contributed by atoms with E-state index in [1.54, 1.807) is 0 Å². The molecule has 0 bridgehead atoms. The number of unbranched alkanes of at least 4 members (excludes halogenated alkanes) is 1. The Kier molecular flexibility index (Phi) is 6.38. The third-order valence-corrected chi connectivity index (χ3v) is 1.43. The van der Waals surface area contributed by atoms with Crippen LogP contribution < -0.4 is 0 Å². The molecule has 0 aliphatic rings. The van der Waals surface area contributed by atoms with Gasteiger partial charge in [-0.05, 0) is 13.3 Å². The Morgan fingerprint density at radius 1 is 1.67 bits per heavy atom. The molecule has 0 N–H and O–H groups in total. The molecule has 0 aromatic heterocycles. The molecule has 3 nitrogen and oxygen atoms in total. The molecule has 0 aliphatic heterocycles. The standard InChI is InChI=1S/C9H16O3/c1-4-6-7-8(3)11-12-9(10)5-2/h5,8H,2,4,6-7H2,1,3H3. The van der Waals surface area contributed by atoms with Crippen LogP contribution in [0.3, 0.4) is 0 Å². The van der Waals surface area contributed by atoms with Crippen LogP contribution in [0, 0.1) is 0 Å². The molecule has 0 rings (SSSR count). The second kappa shape index (κ2) is 6.85. The van der Waals surface area contributed by atoms with Gasteiger partial charge < -0.3 is 0 Å². The molecule has 0 amide bonds. The lowest BCUT2D eigenvalue weighted by Gasteiger charge is -2.08. The molecular formula is C9H16O3. The topological polar surface area (TPSA) is 35.5 Å². The summed E-state index contributed by atoms with van der Waals surface area (Å²) < 4.78 is 0. The normalized spacial score (nSPS) is 12.2. The van der Waals surface area contributed by atoms with Gasteiger partial charge in [0, 0.05) is 6.08 Å². The zero-order valence-electron chi connectivity index (χ0n) is 7.71. The van der Waals surface area contributed by atoms with Gasteiger partial charge in [0.25, 0.3) is 0 Å². The minimum absolute atomic E-state index is 0.0335. The number of rotatable bonds is 6. The van der Waals surface area contributed by atoms with E-state index >= 15 is 0 Å². The van der Waals surface area contributed by atoms with E-state index in [2.05, 4.69) is 18.4 Å². The summed E-state index contributed by atoms with van der Waals surface area (Å²) in [5.74, 6) is -0.543. The highest BCUT2D eigenvalue weighted by molar-refractivity contribution is 5.80. The van der Waals surface area contributed by atoms with Gasteiger partial charge in [-0.25, -0.2) is 4.79 Å². The smallest absolute Gasteiger partial charge is 0.293 e. The molecule has 1 unspecified atom stereocenters. The van der Waals surface area contributed by atoms with Gasteiger partial charge in [-0.15, -0.1) is 0 Å². The first-order valence-electron chi connectivity index (χ1n) is 4.20. The molecule has 0 saturated carbocycles. The first kappa shape index (κ1) is 11.2. The summed E-state index contributed by atoms with van der Waals surface area (Å²) in [4.78, 5) is 19.7. The van der Waals surface area contributed by atoms with Crippen LogP contribution in [0.5, 0.6) is 0 Å². The Hall–Kier alpha value is -0.830. The molecule has 12 heavy (non-hydrogen) atoms. The fraction of sp³-hybridized carbons (Fsp3) is 0.667. The van der Waals surface area contributed by atoms with Gasteiger partial charge in [-0.2, -0.15) is 4.89 Å². The zero-order chi connectivity index (χ0) is 9.40. The molecule has 3 heteroatoms. The Morgan fingerprint density at radius 3 is 2.83 bits per heavy atom. The zero-order valence-corrected chi connectivity index (χ0v) is 7.71. The van der Waals surface area contributed by atoms with Crippen molar-refractivity contribution in [1.29, 1.82) is 0 Å². The molecular weight excluding hydrogens is 156 g/mol. The lowest BCUT2D eigenvalue weighted by atomic mass is 10.2. The number of hydrogen-bond acceptors (Lipinski definition) is 3. The first-order valence-corrected chi connectivity index (χ1v) is 4.20. The molecule has 0 fully saturated rings. The SMILES string of the molecule is C=CC(=O)OOC(C)CCCC. The second-order valence-corrected chi connectivity index (χ2v) is 2.66. The molecule has 70 valence electrons. The highest BCUT2D eigenvalue weighted by Gasteiger charge is 2.04. The average molecular weight is 172 g/mol. The highest BCUT2D eigenvalue weighted by atomic mass is 17.2. The van der Waals surface area contributed by atoms with E-state index in [9.17, 15) is 4.79 Å². The summed E-state index contributed by atoms with van der Waals surface area (Å²) in [6.07, 6.45) is 4.14. The summed E-state index contributed by atoms with van der Waals surface area (Å²) in [6.45, 7) is 7.21. The molecule has 0 spiro atoms. The Balaban J connectivity index is 3.36. The van der Waals surface area contributed by atoms with E-state index < -0.39 is 5.97 Å². The summed E-state index contributed by atoms with van der Waals surface area (Å²) in [5.41, 5.74) is 0. The number of hydrogen-bond donors (Lipinski definition) is 0. The van der Waals surface area contributed by atoms with Crippen molar-refractivity contribution in [2.24, 2.45) is 0 Å². The Bertz CT molecular complexity index is 143. The van der Waals surface area contributed by atoms with Gasteiger partial charge in [0.2, 0.25) is 0 Å². The fourth-order valence-corrected chi connectivity index (χ4v) is 0.703. The van der Waals surface area contributed by atoms with Gasteiger partial charge in [-0.3, -0.25) is 4.89 Å². The molecule has 0 saturated heterocycles. The quantitative estimate of drug-likeness (QED) is 0.350. The predicted octanol–water partition coefficient (Wildman–Crippen LogP) is 2.23. The van der Waals surface area contributed by atoms with Crippen molar-refractivity contribution in [2.75, 3.05) is 0 Å². The molecule has 1 atom stereocenters. The molecule has 0 aromatic carbocycles. The van der Waals surface area contributed by atoms with Crippen LogP contribution in [0.1, 0.15) is 33.1 Å². The summed E-state index contributed by atoms with van der Waals surface area (Å²) in [5, 5.41) is 0. The monoisotopic (exact) mass is 172 g/mol. The highest BCUT2D eigenvalue weighted by Crippen LogP contribution is 2.04. The fourth-order valence-electron chi connectivity index (χ4n) is 0.703. The van der Waals surface area contributed by atoms with Crippen molar-refractivity contribution in [2.45, 2.75) is 39.2 Å². The van der Waals surface area contributed by atoms with Gasteiger partial charge in [0.15, 0.2) is 0 Å². The van der Waals surface area contributed by atoms with Crippen molar-refractivity contribution < 1.29 is 14.6 Å². The van der Waals surface area contributed by atoms with E-state index in [4.69, 9.17) is 4.89 Å². The van der Waals surface area contributed by atoms with Crippen molar-refractivity contribution in [3.8, 4) is 0 Å². The second-order valence-electron chi connectivity index (χ2n) is 2.66. The third kappa shape index (κ3) is 5.92. The van der Waals surface area contributed by atoms with Crippen LogP contribution >= 0.6 is 0 Å². The van der Waals surface area contributed by atoms with Crippen LogP contribution in [0.4, 0.5) is 0 Å². The maximum absolute atomic E-state index is 10.5. The van der Waals surface area contributed by atoms with Gasteiger partial charge >= 0.3 is 5.97 Å². The lowest BCUT2D eigenvalue weighted by Crippen LogP contribution is -2.11. The molecule has 0 heterocycles. The van der Waals surface area contributed by atoms with Crippen molar-refractivity contribution in [3.63, 3.8) is 0 Å². The van der Waals surface area contributed by atoms with E-state index in [-0.39, 0.29) is 6.10 Å². The van der Waals surface area contributed by atoms with Crippen LogP contribution in [0.15, 0.2) is 12.7 Å². The van der Waals surface area contributed by atoms with Crippen molar-refractivity contribution in [1.82, 2.24) is 0 Å². The van der Waals surface area contributed by atoms with Crippen molar-refractivity contribution >= 4 is 5.97 Å². The van der Waals surface area contributed by atoms with Crippen molar-refractivity contribution in [3.05, 3.63) is 12.7 Å². The molecule has 0 aromatic rings. The predicted molar refractivity (Wildman–Crippen MR) is 46.4 cm³/mol.